The Hall–Kier alpha value is -2.82. The molecule has 0 spiro atoms. The molecule has 5 heteroatoms. The van der Waals surface area contributed by atoms with Crippen LogP contribution in [0.3, 0.4) is 0 Å². The van der Waals surface area contributed by atoms with E-state index in [0.29, 0.717) is 12.5 Å². The Morgan fingerprint density at radius 2 is 1.58 bits per heavy atom. The summed E-state index contributed by atoms with van der Waals surface area (Å²) < 4.78 is 0. The Balaban J connectivity index is 1.88. The molecule has 0 atom stereocenters. The fourth-order valence-electron chi connectivity index (χ4n) is 2.35. The van der Waals surface area contributed by atoms with Crippen molar-refractivity contribution in [1.82, 2.24) is 5.32 Å². The third-order valence-corrected chi connectivity index (χ3v) is 4.01. The van der Waals surface area contributed by atoms with Crippen molar-refractivity contribution in [3.8, 4) is 0 Å². The molecule has 2 aromatic rings. The van der Waals surface area contributed by atoms with Gasteiger partial charge in [-0.25, -0.2) is 4.79 Å². The second-order valence-corrected chi connectivity index (χ2v) is 6.93. The van der Waals surface area contributed by atoms with Gasteiger partial charge in [0.1, 0.15) is 0 Å². The molecule has 3 amide bonds. The van der Waals surface area contributed by atoms with Crippen LogP contribution in [0.2, 0.25) is 0 Å². The first-order chi connectivity index (χ1) is 12.3. The Bertz CT molecular complexity index is 752. The van der Waals surface area contributed by atoms with E-state index in [2.05, 4.69) is 29.8 Å². The zero-order valence-electron chi connectivity index (χ0n) is 15.8. The summed E-state index contributed by atoms with van der Waals surface area (Å²) in [6, 6.07) is 15.0. The van der Waals surface area contributed by atoms with Crippen LogP contribution < -0.4 is 16.0 Å². The third-order valence-electron chi connectivity index (χ3n) is 4.01. The molecule has 26 heavy (non-hydrogen) atoms. The average Bonchev–Trinajstić information content (AvgIpc) is 2.60. The number of urea groups is 1. The predicted octanol–water partition coefficient (Wildman–Crippen LogP) is 4.73. The van der Waals surface area contributed by atoms with Gasteiger partial charge in [0, 0.05) is 23.8 Å². The second-order valence-electron chi connectivity index (χ2n) is 6.93. The first-order valence-corrected chi connectivity index (χ1v) is 8.89. The van der Waals surface area contributed by atoms with Crippen LogP contribution in [0, 0.1) is 5.92 Å². The van der Waals surface area contributed by atoms with Crippen LogP contribution in [-0.2, 0) is 11.3 Å². The van der Waals surface area contributed by atoms with Gasteiger partial charge in [0.25, 0.3) is 0 Å². The molecule has 3 N–H and O–H groups in total. The minimum atomic E-state index is -0.265. The largest absolute Gasteiger partial charge is 0.334 e. The fraction of sp³-hybridized carbons (Fsp3) is 0.333. The molecule has 138 valence electrons. The van der Waals surface area contributed by atoms with Crippen LogP contribution in [0.15, 0.2) is 48.5 Å². The number of benzene rings is 2. The van der Waals surface area contributed by atoms with Crippen molar-refractivity contribution in [3.63, 3.8) is 0 Å². The molecule has 0 aromatic heterocycles. The quantitative estimate of drug-likeness (QED) is 0.703. The lowest BCUT2D eigenvalue weighted by Gasteiger charge is -2.11. The van der Waals surface area contributed by atoms with E-state index in [9.17, 15) is 9.59 Å². The van der Waals surface area contributed by atoms with Crippen molar-refractivity contribution in [3.05, 3.63) is 59.7 Å². The highest BCUT2D eigenvalue weighted by atomic mass is 16.2. The molecule has 0 heterocycles. The smallest absolute Gasteiger partial charge is 0.319 e. The summed E-state index contributed by atoms with van der Waals surface area (Å²) in [6.07, 6.45) is 0. The Labute approximate surface area is 155 Å². The molecule has 0 radical (unpaired) electrons. The van der Waals surface area contributed by atoms with Crippen LogP contribution in [0.5, 0.6) is 0 Å². The highest BCUT2D eigenvalue weighted by Crippen LogP contribution is 2.17. The molecular weight excluding hydrogens is 326 g/mol. The van der Waals surface area contributed by atoms with Crippen molar-refractivity contribution in [2.45, 2.75) is 40.2 Å². The van der Waals surface area contributed by atoms with E-state index in [1.54, 1.807) is 0 Å². The van der Waals surface area contributed by atoms with Gasteiger partial charge in [-0.2, -0.15) is 0 Å². The monoisotopic (exact) mass is 353 g/mol. The molecule has 0 bridgehead atoms. The number of nitrogens with one attached hydrogen (secondary N) is 3. The SMILES string of the molecule is CC(C)C(=O)Nc1cccc(CNC(=O)Nc2ccc(C(C)C)cc2)c1. The lowest BCUT2D eigenvalue weighted by molar-refractivity contribution is -0.118. The first kappa shape index (κ1) is 19.5. The van der Waals surface area contributed by atoms with Gasteiger partial charge in [-0.1, -0.05) is 52.0 Å². The van der Waals surface area contributed by atoms with Gasteiger partial charge in [0.05, 0.1) is 0 Å². The van der Waals surface area contributed by atoms with E-state index in [1.807, 2.05) is 62.4 Å². The lowest BCUT2D eigenvalue weighted by Crippen LogP contribution is -2.28. The number of rotatable bonds is 6. The zero-order chi connectivity index (χ0) is 19.1. The number of hydrogen-bond acceptors (Lipinski definition) is 2. The zero-order valence-corrected chi connectivity index (χ0v) is 15.8. The maximum Gasteiger partial charge on any atom is 0.319 e. The van der Waals surface area contributed by atoms with Gasteiger partial charge < -0.3 is 16.0 Å². The Kier molecular flexibility index (Phi) is 6.78. The van der Waals surface area contributed by atoms with E-state index in [-0.39, 0.29) is 17.9 Å². The Morgan fingerprint density at radius 3 is 2.19 bits per heavy atom. The molecule has 0 saturated carbocycles. The van der Waals surface area contributed by atoms with Crippen molar-refractivity contribution < 1.29 is 9.59 Å². The summed E-state index contributed by atoms with van der Waals surface area (Å²) in [4.78, 5) is 23.8. The number of carbonyl (C=O) groups excluding carboxylic acids is 2. The van der Waals surface area contributed by atoms with E-state index in [0.717, 1.165) is 16.9 Å². The van der Waals surface area contributed by atoms with E-state index in [4.69, 9.17) is 0 Å². The molecule has 0 aliphatic carbocycles. The number of amides is 3. The minimum Gasteiger partial charge on any atom is -0.334 e. The molecular formula is C21H27N3O2. The topological polar surface area (TPSA) is 70.2 Å². The lowest BCUT2D eigenvalue weighted by atomic mass is 10.0. The highest BCUT2D eigenvalue weighted by Gasteiger charge is 2.08. The summed E-state index contributed by atoms with van der Waals surface area (Å²) in [7, 11) is 0. The van der Waals surface area contributed by atoms with Crippen LogP contribution in [0.1, 0.15) is 44.7 Å². The molecule has 0 aliphatic rings. The standard InChI is InChI=1S/C21H27N3O2/c1-14(2)17-8-10-18(11-9-17)24-21(26)22-13-16-6-5-7-19(12-16)23-20(25)15(3)4/h5-12,14-15H,13H2,1-4H3,(H,23,25)(H2,22,24,26). The normalized spacial score (nSPS) is 10.7. The summed E-state index contributed by atoms with van der Waals surface area (Å²) in [5.41, 5.74) is 3.63. The Morgan fingerprint density at radius 1 is 0.885 bits per heavy atom. The average molecular weight is 353 g/mol. The molecule has 0 unspecified atom stereocenters. The van der Waals surface area contributed by atoms with Crippen molar-refractivity contribution >= 4 is 23.3 Å². The molecule has 0 aliphatic heterocycles. The van der Waals surface area contributed by atoms with E-state index < -0.39 is 0 Å². The van der Waals surface area contributed by atoms with Gasteiger partial charge in [-0.15, -0.1) is 0 Å². The van der Waals surface area contributed by atoms with Crippen LogP contribution in [0.4, 0.5) is 16.2 Å². The summed E-state index contributed by atoms with van der Waals surface area (Å²) in [5.74, 6) is 0.351. The number of hydrogen-bond donors (Lipinski definition) is 3. The van der Waals surface area contributed by atoms with Gasteiger partial charge in [-0.3, -0.25) is 4.79 Å². The molecule has 2 aromatic carbocycles. The van der Waals surface area contributed by atoms with Crippen molar-refractivity contribution in [2.75, 3.05) is 10.6 Å². The minimum absolute atomic E-state index is 0.0299. The summed E-state index contributed by atoms with van der Waals surface area (Å²) in [5, 5.41) is 8.50. The fourth-order valence-corrected chi connectivity index (χ4v) is 2.35. The molecule has 2 rings (SSSR count). The van der Waals surface area contributed by atoms with Crippen LogP contribution in [0.25, 0.3) is 0 Å². The highest BCUT2D eigenvalue weighted by molar-refractivity contribution is 5.92. The van der Waals surface area contributed by atoms with Crippen molar-refractivity contribution in [1.29, 1.82) is 0 Å². The number of carbonyl (C=O) groups is 2. The maximum atomic E-state index is 12.1. The molecule has 5 nitrogen and oxygen atoms in total. The maximum absolute atomic E-state index is 12.1. The molecule has 0 fully saturated rings. The van der Waals surface area contributed by atoms with Gasteiger partial charge in [0.15, 0.2) is 0 Å². The van der Waals surface area contributed by atoms with E-state index in [1.165, 1.54) is 5.56 Å². The predicted molar refractivity (Wildman–Crippen MR) is 106 cm³/mol. The van der Waals surface area contributed by atoms with Gasteiger partial charge in [0.2, 0.25) is 5.91 Å². The van der Waals surface area contributed by atoms with Gasteiger partial charge in [-0.05, 0) is 41.3 Å². The summed E-state index contributed by atoms with van der Waals surface area (Å²) in [6.45, 7) is 8.33. The van der Waals surface area contributed by atoms with E-state index >= 15 is 0 Å². The van der Waals surface area contributed by atoms with Crippen LogP contribution in [-0.4, -0.2) is 11.9 Å². The van der Waals surface area contributed by atoms with Gasteiger partial charge >= 0.3 is 6.03 Å². The molecule has 0 saturated heterocycles. The number of anilines is 2. The first-order valence-electron chi connectivity index (χ1n) is 8.89. The third kappa shape index (κ3) is 5.92. The summed E-state index contributed by atoms with van der Waals surface area (Å²) >= 11 is 0. The van der Waals surface area contributed by atoms with Crippen LogP contribution >= 0.6 is 0 Å². The second kappa shape index (κ2) is 9.04. The van der Waals surface area contributed by atoms with Crippen molar-refractivity contribution in [2.24, 2.45) is 5.92 Å².